The molecule has 0 aliphatic carbocycles. The first-order chi connectivity index (χ1) is 10.3. The predicted octanol–water partition coefficient (Wildman–Crippen LogP) is 2.34. The Labute approximate surface area is 124 Å². The third-order valence-corrected chi connectivity index (χ3v) is 3.47. The first kappa shape index (κ1) is 16.3. The Morgan fingerprint density at radius 2 is 2.00 bits per heavy atom. The van der Waals surface area contributed by atoms with E-state index in [9.17, 15) is 23.2 Å². The minimum absolute atomic E-state index is 0.0493. The lowest BCUT2D eigenvalue weighted by molar-refractivity contribution is -0.137. The van der Waals surface area contributed by atoms with Gasteiger partial charge in [-0.1, -0.05) is 0 Å². The molecule has 0 N–H and O–H groups in total. The van der Waals surface area contributed by atoms with Gasteiger partial charge in [0.1, 0.15) is 6.04 Å². The molecule has 0 saturated heterocycles. The zero-order valence-electron chi connectivity index (χ0n) is 11.8. The maximum Gasteiger partial charge on any atom is 0.416 e. The van der Waals surface area contributed by atoms with E-state index in [2.05, 4.69) is 0 Å². The molecule has 118 valence electrons. The van der Waals surface area contributed by atoms with Gasteiger partial charge in [0.15, 0.2) is 6.29 Å². The molecular formula is C14H13F3N2O3. The summed E-state index contributed by atoms with van der Waals surface area (Å²) in [5.74, 6) is -0.519. The molecule has 1 atom stereocenters. The van der Waals surface area contributed by atoms with Gasteiger partial charge in [-0.25, -0.2) is 0 Å². The molecule has 0 bridgehead atoms. The van der Waals surface area contributed by atoms with E-state index in [0.717, 1.165) is 23.1 Å². The molecule has 0 fully saturated rings. The molecule has 1 amide bonds. The summed E-state index contributed by atoms with van der Waals surface area (Å²) in [4.78, 5) is 13.4. The smallest absolute Gasteiger partial charge is 0.354 e. The van der Waals surface area contributed by atoms with Gasteiger partial charge in [-0.15, -0.1) is 0 Å². The van der Waals surface area contributed by atoms with Crippen molar-refractivity contribution in [2.45, 2.75) is 18.5 Å². The topological polar surface area (TPSA) is 62.6 Å². The molecule has 0 aromatic heterocycles. The molecule has 0 spiro atoms. The standard InChI is InChI=1S/C14H13F3N2O3/c1-21-12(22-2)7-19-11(6-18)10-5-8(14(15,16)17)3-4-9(10)13(19)20/h3-5,11-12H,7H2,1-2H3. The average Bonchev–Trinajstić information content (AvgIpc) is 2.75. The average molecular weight is 314 g/mol. The van der Waals surface area contributed by atoms with Crippen molar-refractivity contribution in [3.05, 3.63) is 34.9 Å². The minimum atomic E-state index is -4.53. The molecule has 2 rings (SSSR count). The summed E-state index contributed by atoms with van der Waals surface area (Å²) >= 11 is 0. The van der Waals surface area contributed by atoms with Crippen molar-refractivity contribution < 1.29 is 27.4 Å². The molecule has 5 nitrogen and oxygen atoms in total. The van der Waals surface area contributed by atoms with Gasteiger partial charge >= 0.3 is 6.18 Å². The van der Waals surface area contributed by atoms with Crippen LogP contribution in [0.25, 0.3) is 0 Å². The number of benzene rings is 1. The van der Waals surface area contributed by atoms with Crippen LogP contribution in [0, 0.1) is 11.3 Å². The summed E-state index contributed by atoms with van der Waals surface area (Å²) in [7, 11) is 2.73. The van der Waals surface area contributed by atoms with Crippen LogP contribution < -0.4 is 0 Å². The van der Waals surface area contributed by atoms with Crippen LogP contribution in [0.5, 0.6) is 0 Å². The van der Waals surface area contributed by atoms with Crippen molar-refractivity contribution in [1.29, 1.82) is 5.26 Å². The van der Waals surface area contributed by atoms with E-state index in [1.165, 1.54) is 14.2 Å². The fraction of sp³-hybridized carbons (Fsp3) is 0.429. The van der Waals surface area contributed by atoms with Gasteiger partial charge in [0.05, 0.1) is 18.2 Å². The van der Waals surface area contributed by atoms with E-state index >= 15 is 0 Å². The molecule has 0 radical (unpaired) electrons. The van der Waals surface area contributed by atoms with E-state index < -0.39 is 30.0 Å². The molecule has 0 saturated carbocycles. The predicted molar refractivity (Wildman–Crippen MR) is 68.6 cm³/mol. The van der Waals surface area contributed by atoms with Crippen molar-refractivity contribution in [3.8, 4) is 6.07 Å². The lowest BCUT2D eigenvalue weighted by Gasteiger charge is -2.24. The van der Waals surface area contributed by atoms with E-state index in [0.29, 0.717) is 0 Å². The first-order valence-corrected chi connectivity index (χ1v) is 6.30. The second kappa shape index (κ2) is 5.94. The highest BCUT2D eigenvalue weighted by atomic mass is 19.4. The molecule has 1 aromatic carbocycles. The molecule has 1 aliphatic heterocycles. The number of hydrogen-bond acceptors (Lipinski definition) is 4. The summed E-state index contributed by atoms with van der Waals surface area (Å²) in [6.45, 7) is -0.0555. The number of nitrogens with zero attached hydrogens (tertiary/aromatic N) is 2. The number of rotatable bonds is 4. The third-order valence-electron chi connectivity index (χ3n) is 3.47. The number of nitriles is 1. The SMILES string of the molecule is COC(CN1C(=O)c2ccc(C(F)(F)F)cc2C1C#N)OC. The maximum atomic E-state index is 12.8. The van der Waals surface area contributed by atoms with Gasteiger partial charge in [0.25, 0.3) is 5.91 Å². The van der Waals surface area contributed by atoms with Crippen LogP contribution in [-0.2, 0) is 15.7 Å². The number of carbonyl (C=O) groups excluding carboxylic acids is 1. The molecule has 22 heavy (non-hydrogen) atoms. The summed E-state index contributed by atoms with van der Waals surface area (Å²) < 4.78 is 48.3. The number of carbonyl (C=O) groups is 1. The minimum Gasteiger partial charge on any atom is -0.354 e. The van der Waals surface area contributed by atoms with Crippen LogP contribution in [0.3, 0.4) is 0 Å². The number of ether oxygens (including phenoxy) is 2. The number of fused-ring (bicyclic) bond motifs is 1. The summed E-state index contributed by atoms with van der Waals surface area (Å²) in [5.41, 5.74) is -0.755. The lowest BCUT2D eigenvalue weighted by atomic mass is 10.0. The van der Waals surface area contributed by atoms with Crippen molar-refractivity contribution in [2.24, 2.45) is 0 Å². The highest BCUT2D eigenvalue weighted by Crippen LogP contribution is 2.38. The van der Waals surface area contributed by atoms with E-state index in [1.54, 1.807) is 0 Å². The van der Waals surface area contributed by atoms with Crippen molar-refractivity contribution in [1.82, 2.24) is 4.90 Å². The Morgan fingerprint density at radius 1 is 1.36 bits per heavy atom. The molecule has 1 unspecified atom stereocenters. The number of amides is 1. The number of hydrogen-bond donors (Lipinski definition) is 0. The Morgan fingerprint density at radius 3 is 2.50 bits per heavy atom. The van der Waals surface area contributed by atoms with Gasteiger partial charge in [0.2, 0.25) is 0 Å². The van der Waals surface area contributed by atoms with Crippen LogP contribution >= 0.6 is 0 Å². The Balaban J connectivity index is 2.40. The van der Waals surface area contributed by atoms with Crippen molar-refractivity contribution in [2.75, 3.05) is 20.8 Å². The van der Waals surface area contributed by atoms with E-state index in [-0.39, 0.29) is 17.7 Å². The quantitative estimate of drug-likeness (QED) is 0.800. The highest BCUT2D eigenvalue weighted by Gasteiger charge is 2.40. The molecule has 1 aliphatic rings. The van der Waals surface area contributed by atoms with Gasteiger partial charge < -0.3 is 14.4 Å². The lowest BCUT2D eigenvalue weighted by Crippen LogP contribution is -2.36. The number of methoxy groups -OCH3 is 2. The fourth-order valence-corrected chi connectivity index (χ4v) is 2.33. The summed E-state index contributed by atoms with van der Waals surface area (Å²) in [5, 5.41) is 9.25. The van der Waals surface area contributed by atoms with Crippen LogP contribution in [0.4, 0.5) is 13.2 Å². The van der Waals surface area contributed by atoms with Gasteiger partial charge in [0, 0.05) is 25.3 Å². The highest BCUT2D eigenvalue weighted by molar-refractivity contribution is 5.99. The molecule has 1 aromatic rings. The van der Waals surface area contributed by atoms with Crippen LogP contribution in [0.15, 0.2) is 18.2 Å². The van der Waals surface area contributed by atoms with Crippen LogP contribution in [-0.4, -0.2) is 37.9 Å². The maximum absolute atomic E-state index is 12.8. The first-order valence-electron chi connectivity index (χ1n) is 6.30. The molecule has 8 heteroatoms. The largest absolute Gasteiger partial charge is 0.416 e. The Bertz CT molecular complexity index is 621. The molecular weight excluding hydrogens is 301 g/mol. The number of halogens is 3. The second-order valence-electron chi connectivity index (χ2n) is 4.69. The number of alkyl halides is 3. The zero-order valence-corrected chi connectivity index (χ0v) is 11.8. The second-order valence-corrected chi connectivity index (χ2v) is 4.69. The van der Waals surface area contributed by atoms with Crippen molar-refractivity contribution in [3.63, 3.8) is 0 Å². The van der Waals surface area contributed by atoms with Gasteiger partial charge in [-0.2, -0.15) is 18.4 Å². The fourth-order valence-electron chi connectivity index (χ4n) is 2.33. The third kappa shape index (κ3) is 2.77. The normalized spacial score (nSPS) is 17.8. The van der Waals surface area contributed by atoms with Crippen molar-refractivity contribution >= 4 is 5.91 Å². The van der Waals surface area contributed by atoms with Gasteiger partial charge in [-0.05, 0) is 18.2 Å². The van der Waals surface area contributed by atoms with E-state index in [1.807, 2.05) is 6.07 Å². The summed E-state index contributed by atoms with van der Waals surface area (Å²) in [6.07, 6.45) is -5.30. The van der Waals surface area contributed by atoms with Gasteiger partial charge in [-0.3, -0.25) is 4.79 Å². The summed E-state index contributed by atoms with van der Waals surface area (Å²) in [6, 6.07) is 3.53. The monoisotopic (exact) mass is 314 g/mol. The zero-order chi connectivity index (χ0) is 16.5. The Hall–Kier alpha value is -2.11. The van der Waals surface area contributed by atoms with Crippen LogP contribution in [0.2, 0.25) is 0 Å². The Kier molecular flexibility index (Phi) is 4.39. The van der Waals surface area contributed by atoms with E-state index in [4.69, 9.17) is 9.47 Å². The van der Waals surface area contributed by atoms with Crippen LogP contribution in [0.1, 0.15) is 27.5 Å². The molecule has 1 heterocycles.